The van der Waals surface area contributed by atoms with Gasteiger partial charge in [-0.1, -0.05) is 38.5 Å². The molecule has 0 aliphatic heterocycles. The molecule has 0 aliphatic carbocycles. The first-order chi connectivity index (χ1) is 7.57. The summed E-state index contributed by atoms with van der Waals surface area (Å²) in [4.78, 5) is 13.7. The third kappa shape index (κ3) is 2.83. The van der Waals surface area contributed by atoms with Gasteiger partial charge >= 0.3 is 0 Å². The lowest BCUT2D eigenvalue weighted by Gasteiger charge is -2.24. The van der Waals surface area contributed by atoms with Crippen LogP contribution in [-0.2, 0) is 4.79 Å². The highest BCUT2D eigenvalue weighted by atomic mass is 16.2. The molecule has 0 bridgehead atoms. The number of nitrogens with two attached hydrogens (primary N) is 1. The van der Waals surface area contributed by atoms with E-state index in [-0.39, 0.29) is 11.8 Å². The Hall–Kier alpha value is -1.35. The molecule has 0 saturated heterocycles. The summed E-state index contributed by atoms with van der Waals surface area (Å²) in [6, 6.07) is 9.14. The molecule has 0 fully saturated rings. The van der Waals surface area contributed by atoms with E-state index in [9.17, 15) is 4.79 Å². The van der Waals surface area contributed by atoms with Crippen molar-refractivity contribution in [2.75, 3.05) is 11.9 Å². The fraction of sp³-hybridized carbons (Fsp3) is 0.462. The SMILES string of the molecule is CC[C@H](C)[C@H](N)C(=O)N(C)c1ccccc1. The van der Waals surface area contributed by atoms with Crippen LogP contribution in [0.1, 0.15) is 20.3 Å². The molecule has 3 nitrogen and oxygen atoms in total. The van der Waals surface area contributed by atoms with Crippen molar-refractivity contribution in [3.8, 4) is 0 Å². The van der Waals surface area contributed by atoms with Crippen molar-refractivity contribution < 1.29 is 4.79 Å². The Kier molecular flexibility index (Phi) is 4.50. The van der Waals surface area contributed by atoms with Gasteiger partial charge in [0.05, 0.1) is 6.04 Å². The minimum Gasteiger partial charge on any atom is -0.320 e. The molecule has 2 N–H and O–H groups in total. The number of para-hydroxylation sites is 1. The number of rotatable bonds is 4. The van der Waals surface area contributed by atoms with Gasteiger partial charge in [-0.05, 0) is 18.1 Å². The fourth-order valence-corrected chi connectivity index (χ4v) is 1.50. The second-order valence-corrected chi connectivity index (χ2v) is 4.14. The number of hydrogen-bond acceptors (Lipinski definition) is 2. The fourth-order valence-electron chi connectivity index (χ4n) is 1.50. The average molecular weight is 220 g/mol. The number of benzene rings is 1. The Labute approximate surface area is 97.2 Å². The van der Waals surface area contributed by atoms with E-state index in [2.05, 4.69) is 0 Å². The maximum absolute atomic E-state index is 12.0. The highest BCUT2D eigenvalue weighted by molar-refractivity contribution is 5.96. The second-order valence-electron chi connectivity index (χ2n) is 4.14. The van der Waals surface area contributed by atoms with Gasteiger partial charge in [0, 0.05) is 12.7 Å². The zero-order valence-corrected chi connectivity index (χ0v) is 10.2. The minimum atomic E-state index is -0.421. The van der Waals surface area contributed by atoms with E-state index >= 15 is 0 Å². The molecule has 3 heteroatoms. The molecule has 88 valence electrons. The van der Waals surface area contributed by atoms with E-state index in [1.807, 2.05) is 44.2 Å². The van der Waals surface area contributed by atoms with Crippen LogP contribution in [0.25, 0.3) is 0 Å². The molecule has 0 radical (unpaired) electrons. The third-order valence-electron chi connectivity index (χ3n) is 3.02. The first-order valence-electron chi connectivity index (χ1n) is 5.66. The Balaban J connectivity index is 2.75. The summed E-state index contributed by atoms with van der Waals surface area (Å²) < 4.78 is 0. The van der Waals surface area contributed by atoms with Crippen LogP contribution in [0.4, 0.5) is 5.69 Å². The van der Waals surface area contributed by atoms with Gasteiger partial charge < -0.3 is 10.6 Å². The van der Waals surface area contributed by atoms with Crippen molar-refractivity contribution in [3.05, 3.63) is 30.3 Å². The van der Waals surface area contributed by atoms with Crippen LogP contribution in [0.5, 0.6) is 0 Å². The van der Waals surface area contributed by atoms with E-state index < -0.39 is 6.04 Å². The predicted molar refractivity (Wildman–Crippen MR) is 67.3 cm³/mol. The maximum atomic E-state index is 12.0. The summed E-state index contributed by atoms with van der Waals surface area (Å²) in [6.07, 6.45) is 0.912. The summed E-state index contributed by atoms with van der Waals surface area (Å²) in [5, 5.41) is 0. The van der Waals surface area contributed by atoms with Gasteiger partial charge in [0.1, 0.15) is 0 Å². The van der Waals surface area contributed by atoms with Crippen molar-refractivity contribution in [2.45, 2.75) is 26.3 Å². The van der Waals surface area contributed by atoms with Gasteiger partial charge in [-0.15, -0.1) is 0 Å². The number of anilines is 1. The molecular formula is C13H20N2O. The van der Waals surface area contributed by atoms with E-state index in [1.165, 1.54) is 0 Å². The van der Waals surface area contributed by atoms with Crippen molar-refractivity contribution in [3.63, 3.8) is 0 Å². The van der Waals surface area contributed by atoms with Gasteiger partial charge in [-0.25, -0.2) is 0 Å². The smallest absolute Gasteiger partial charge is 0.243 e. The van der Waals surface area contributed by atoms with Gasteiger partial charge in [0.25, 0.3) is 0 Å². The molecular weight excluding hydrogens is 200 g/mol. The molecule has 0 saturated carbocycles. The Morgan fingerprint density at radius 3 is 2.44 bits per heavy atom. The highest BCUT2D eigenvalue weighted by Crippen LogP contribution is 2.15. The Morgan fingerprint density at radius 2 is 1.94 bits per heavy atom. The lowest BCUT2D eigenvalue weighted by atomic mass is 9.99. The molecule has 1 amide bonds. The van der Waals surface area contributed by atoms with Crippen LogP contribution in [0.3, 0.4) is 0 Å². The first kappa shape index (κ1) is 12.7. The summed E-state index contributed by atoms with van der Waals surface area (Å²) in [7, 11) is 1.76. The minimum absolute atomic E-state index is 0.0273. The standard InChI is InChI=1S/C13H20N2O/c1-4-10(2)12(14)13(16)15(3)11-8-6-5-7-9-11/h5-10,12H,4,14H2,1-3H3/t10-,12-/m0/s1. The van der Waals surface area contributed by atoms with Crippen molar-refractivity contribution in [2.24, 2.45) is 11.7 Å². The van der Waals surface area contributed by atoms with Crippen LogP contribution in [0.2, 0.25) is 0 Å². The highest BCUT2D eigenvalue weighted by Gasteiger charge is 2.23. The van der Waals surface area contributed by atoms with Crippen molar-refractivity contribution in [1.82, 2.24) is 0 Å². The van der Waals surface area contributed by atoms with E-state index in [4.69, 9.17) is 5.73 Å². The number of amides is 1. The van der Waals surface area contributed by atoms with Crippen LogP contribution in [0, 0.1) is 5.92 Å². The molecule has 0 heterocycles. The summed E-state index contributed by atoms with van der Waals surface area (Å²) in [6.45, 7) is 4.04. The van der Waals surface area contributed by atoms with Crippen LogP contribution >= 0.6 is 0 Å². The Morgan fingerprint density at radius 1 is 1.38 bits per heavy atom. The maximum Gasteiger partial charge on any atom is 0.243 e. The number of likely N-dealkylation sites (N-methyl/N-ethyl adjacent to an activating group) is 1. The molecule has 0 spiro atoms. The molecule has 1 aromatic carbocycles. The number of carbonyl (C=O) groups excluding carboxylic acids is 1. The largest absolute Gasteiger partial charge is 0.320 e. The normalized spacial score (nSPS) is 14.2. The summed E-state index contributed by atoms with van der Waals surface area (Å²) in [5.41, 5.74) is 6.80. The molecule has 1 aromatic rings. The number of hydrogen-bond donors (Lipinski definition) is 1. The van der Waals surface area contributed by atoms with E-state index in [0.717, 1.165) is 12.1 Å². The van der Waals surface area contributed by atoms with Crippen LogP contribution in [0.15, 0.2) is 30.3 Å². The van der Waals surface area contributed by atoms with Gasteiger partial charge in [0.15, 0.2) is 0 Å². The van der Waals surface area contributed by atoms with Gasteiger partial charge in [-0.2, -0.15) is 0 Å². The molecule has 2 atom stereocenters. The monoisotopic (exact) mass is 220 g/mol. The first-order valence-corrected chi connectivity index (χ1v) is 5.66. The van der Waals surface area contributed by atoms with Gasteiger partial charge in [-0.3, -0.25) is 4.79 Å². The van der Waals surface area contributed by atoms with Crippen LogP contribution in [-0.4, -0.2) is 19.0 Å². The zero-order valence-electron chi connectivity index (χ0n) is 10.2. The summed E-state index contributed by atoms with van der Waals surface area (Å²) in [5.74, 6) is 0.180. The topological polar surface area (TPSA) is 46.3 Å². The van der Waals surface area contributed by atoms with E-state index in [0.29, 0.717) is 0 Å². The number of carbonyl (C=O) groups is 1. The molecule has 16 heavy (non-hydrogen) atoms. The lowest BCUT2D eigenvalue weighted by Crippen LogP contribution is -2.45. The van der Waals surface area contributed by atoms with Gasteiger partial charge in [0.2, 0.25) is 5.91 Å². The van der Waals surface area contributed by atoms with E-state index in [1.54, 1.807) is 11.9 Å². The quantitative estimate of drug-likeness (QED) is 0.843. The second kappa shape index (κ2) is 5.66. The summed E-state index contributed by atoms with van der Waals surface area (Å²) >= 11 is 0. The van der Waals surface area contributed by atoms with Crippen molar-refractivity contribution >= 4 is 11.6 Å². The lowest BCUT2D eigenvalue weighted by molar-refractivity contribution is -0.120. The predicted octanol–water partition coefficient (Wildman–Crippen LogP) is 2.02. The average Bonchev–Trinajstić information content (AvgIpc) is 2.36. The van der Waals surface area contributed by atoms with Crippen molar-refractivity contribution in [1.29, 1.82) is 0 Å². The third-order valence-corrected chi connectivity index (χ3v) is 3.02. The molecule has 1 rings (SSSR count). The molecule has 0 aromatic heterocycles. The zero-order chi connectivity index (χ0) is 12.1. The van der Waals surface area contributed by atoms with Crippen LogP contribution < -0.4 is 10.6 Å². The molecule has 0 unspecified atom stereocenters. The molecule has 0 aliphatic rings. The number of nitrogens with zero attached hydrogens (tertiary/aromatic N) is 1. The Bertz CT molecular complexity index is 337.